The Morgan fingerprint density at radius 3 is 1.91 bits per heavy atom. The van der Waals surface area contributed by atoms with Gasteiger partial charge < -0.3 is 16.0 Å². The highest BCUT2D eigenvalue weighted by molar-refractivity contribution is 6.01. The van der Waals surface area contributed by atoms with Crippen molar-refractivity contribution in [2.75, 3.05) is 10.6 Å². The average molecular weight is 452 g/mol. The summed E-state index contributed by atoms with van der Waals surface area (Å²) in [6.07, 6.45) is 0. The lowest BCUT2D eigenvalue weighted by Gasteiger charge is -2.22. The molecular weight excluding hydrogens is 424 g/mol. The van der Waals surface area contributed by atoms with Crippen LogP contribution in [0.4, 0.5) is 20.2 Å². The van der Waals surface area contributed by atoms with Crippen LogP contribution in [0.5, 0.6) is 0 Å². The van der Waals surface area contributed by atoms with E-state index in [9.17, 15) is 18.4 Å². The van der Waals surface area contributed by atoms with Gasteiger partial charge in [0.25, 0.3) is 5.91 Å². The molecule has 3 aromatic carbocycles. The first-order chi connectivity index (χ1) is 15.8. The van der Waals surface area contributed by atoms with Crippen LogP contribution in [0.1, 0.15) is 42.7 Å². The molecule has 0 aliphatic carbocycles. The number of hydrogen-bond acceptors (Lipinski definition) is 3. The van der Waals surface area contributed by atoms with E-state index in [1.165, 1.54) is 6.07 Å². The molecular formula is C26H27F2N3O2. The summed E-state index contributed by atoms with van der Waals surface area (Å²) in [5, 5.41) is 8.59. The normalized spacial score (nSPS) is 12.7. The number of halogens is 2. The highest BCUT2D eigenvalue weighted by atomic mass is 19.1. The van der Waals surface area contributed by atoms with Gasteiger partial charge in [-0.2, -0.15) is 0 Å². The van der Waals surface area contributed by atoms with Crippen molar-refractivity contribution in [1.82, 2.24) is 5.32 Å². The van der Waals surface area contributed by atoms with E-state index in [2.05, 4.69) is 22.9 Å². The lowest BCUT2D eigenvalue weighted by Crippen LogP contribution is -2.47. The van der Waals surface area contributed by atoms with Gasteiger partial charge in [-0.05, 0) is 54.8 Å². The van der Waals surface area contributed by atoms with Crippen LogP contribution in [0, 0.1) is 17.6 Å². The molecule has 2 unspecified atom stereocenters. The number of anilines is 2. The molecule has 3 rings (SSSR count). The number of carbonyl (C=O) groups excluding carboxylic acids is 2. The van der Waals surface area contributed by atoms with Crippen LogP contribution in [0.15, 0.2) is 72.8 Å². The molecule has 0 spiro atoms. The fourth-order valence-corrected chi connectivity index (χ4v) is 3.41. The molecule has 2 atom stereocenters. The number of carbonyl (C=O) groups is 2. The first-order valence-electron chi connectivity index (χ1n) is 10.7. The number of hydrogen-bond donors (Lipinski definition) is 3. The zero-order valence-electron chi connectivity index (χ0n) is 18.7. The van der Waals surface area contributed by atoms with Crippen LogP contribution >= 0.6 is 0 Å². The highest BCUT2D eigenvalue weighted by Crippen LogP contribution is 2.21. The number of rotatable bonds is 8. The first kappa shape index (κ1) is 23.9. The monoisotopic (exact) mass is 451 g/mol. The Morgan fingerprint density at radius 2 is 1.33 bits per heavy atom. The molecule has 33 heavy (non-hydrogen) atoms. The second-order valence-electron chi connectivity index (χ2n) is 8.14. The minimum absolute atomic E-state index is 0.103. The SMILES string of the molecule is CC(Nc1ccc(NC(=O)C(NC(=O)c2c(F)cccc2F)C(C)C)cc1)c1ccccc1. The van der Waals surface area contributed by atoms with Gasteiger partial charge in [0.2, 0.25) is 5.91 Å². The van der Waals surface area contributed by atoms with Gasteiger partial charge in [-0.1, -0.05) is 50.2 Å². The zero-order chi connectivity index (χ0) is 24.0. The van der Waals surface area contributed by atoms with Crippen molar-refractivity contribution in [2.24, 2.45) is 5.92 Å². The molecule has 0 fully saturated rings. The predicted octanol–water partition coefficient (Wildman–Crippen LogP) is 5.53. The van der Waals surface area contributed by atoms with E-state index in [1.54, 1.807) is 26.0 Å². The smallest absolute Gasteiger partial charge is 0.257 e. The van der Waals surface area contributed by atoms with Gasteiger partial charge in [0, 0.05) is 17.4 Å². The minimum atomic E-state index is -0.983. The van der Waals surface area contributed by atoms with Crippen LogP contribution in [-0.2, 0) is 4.79 Å². The van der Waals surface area contributed by atoms with E-state index in [0.29, 0.717) is 5.69 Å². The fourth-order valence-electron chi connectivity index (χ4n) is 3.41. The van der Waals surface area contributed by atoms with Gasteiger partial charge in [-0.15, -0.1) is 0 Å². The standard InChI is InChI=1S/C26H27F2N3O2/c1-16(2)24(31-25(32)23-21(27)10-7-11-22(23)28)26(33)30-20-14-12-19(13-15-20)29-17(3)18-8-5-4-6-9-18/h4-17,24,29H,1-3H3,(H,30,33)(H,31,32). The maximum absolute atomic E-state index is 13.9. The minimum Gasteiger partial charge on any atom is -0.379 e. The van der Waals surface area contributed by atoms with Crippen molar-refractivity contribution in [3.05, 3.63) is 95.6 Å². The van der Waals surface area contributed by atoms with Crippen molar-refractivity contribution in [3.63, 3.8) is 0 Å². The van der Waals surface area contributed by atoms with Gasteiger partial charge in [-0.25, -0.2) is 8.78 Å². The van der Waals surface area contributed by atoms with Crippen molar-refractivity contribution in [1.29, 1.82) is 0 Å². The topological polar surface area (TPSA) is 70.2 Å². The Balaban J connectivity index is 1.65. The number of nitrogens with one attached hydrogen (secondary N) is 3. The van der Waals surface area contributed by atoms with E-state index in [-0.39, 0.29) is 12.0 Å². The molecule has 7 heteroatoms. The molecule has 5 nitrogen and oxygen atoms in total. The summed E-state index contributed by atoms with van der Waals surface area (Å²) in [6, 6.07) is 19.5. The molecule has 0 heterocycles. The number of benzene rings is 3. The molecule has 0 aliphatic heterocycles. The molecule has 0 bridgehead atoms. The summed E-state index contributed by atoms with van der Waals surface area (Å²) < 4.78 is 27.9. The van der Waals surface area contributed by atoms with Crippen LogP contribution < -0.4 is 16.0 Å². The second kappa shape index (κ2) is 10.7. The van der Waals surface area contributed by atoms with E-state index in [1.807, 2.05) is 42.5 Å². The van der Waals surface area contributed by atoms with E-state index < -0.39 is 35.1 Å². The Kier molecular flexibility index (Phi) is 7.77. The summed E-state index contributed by atoms with van der Waals surface area (Å²) in [5.41, 5.74) is 1.86. The second-order valence-corrected chi connectivity index (χ2v) is 8.14. The van der Waals surface area contributed by atoms with Crippen LogP contribution in [0.2, 0.25) is 0 Å². The Morgan fingerprint density at radius 1 is 0.758 bits per heavy atom. The molecule has 2 amide bonds. The van der Waals surface area contributed by atoms with E-state index in [0.717, 1.165) is 23.4 Å². The van der Waals surface area contributed by atoms with Crippen molar-refractivity contribution in [2.45, 2.75) is 32.9 Å². The van der Waals surface area contributed by atoms with Gasteiger partial charge >= 0.3 is 0 Å². The van der Waals surface area contributed by atoms with Crippen LogP contribution in [-0.4, -0.2) is 17.9 Å². The molecule has 172 valence electrons. The lowest BCUT2D eigenvalue weighted by molar-refractivity contribution is -0.118. The predicted molar refractivity (Wildman–Crippen MR) is 126 cm³/mol. The third kappa shape index (κ3) is 6.16. The third-order valence-corrected chi connectivity index (χ3v) is 5.26. The average Bonchev–Trinajstić information content (AvgIpc) is 2.79. The Labute approximate surface area is 192 Å². The Hall–Kier alpha value is -3.74. The molecule has 0 saturated heterocycles. The van der Waals surface area contributed by atoms with E-state index in [4.69, 9.17) is 0 Å². The molecule has 0 aliphatic rings. The lowest BCUT2D eigenvalue weighted by atomic mass is 10.0. The summed E-state index contributed by atoms with van der Waals surface area (Å²) >= 11 is 0. The van der Waals surface area contributed by atoms with Crippen LogP contribution in [0.3, 0.4) is 0 Å². The van der Waals surface area contributed by atoms with Gasteiger partial charge in [0.05, 0.1) is 0 Å². The van der Waals surface area contributed by atoms with Crippen molar-refractivity contribution in [3.8, 4) is 0 Å². The summed E-state index contributed by atoms with van der Waals surface area (Å²) in [5.74, 6) is -3.73. The summed E-state index contributed by atoms with van der Waals surface area (Å²) in [7, 11) is 0. The Bertz CT molecular complexity index is 1080. The molecule has 3 N–H and O–H groups in total. The van der Waals surface area contributed by atoms with Crippen molar-refractivity contribution >= 4 is 23.2 Å². The van der Waals surface area contributed by atoms with Gasteiger partial charge in [0.1, 0.15) is 23.2 Å². The molecule has 0 radical (unpaired) electrons. The fraction of sp³-hybridized carbons (Fsp3) is 0.231. The van der Waals surface area contributed by atoms with Crippen molar-refractivity contribution < 1.29 is 18.4 Å². The quantitative estimate of drug-likeness (QED) is 0.422. The third-order valence-electron chi connectivity index (χ3n) is 5.26. The summed E-state index contributed by atoms with van der Waals surface area (Å²) in [6.45, 7) is 5.53. The maximum Gasteiger partial charge on any atom is 0.257 e. The van der Waals surface area contributed by atoms with E-state index >= 15 is 0 Å². The molecule has 0 aromatic heterocycles. The largest absolute Gasteiger partial charge is 0.379 e. The van der Waals surface area contributed by atoms with Gasteiger partial charge in [-0.3, -0.25) is 9.59 Å². The highest BCUT2D eigenvalue weighted by Gasteiger charge is 2.27. The summed E-state index contributed by atoms with van der Waals surface area (Å²) in [4.78, 5) is 25.3. The van der Waals surface area contributed by atoms with Gasteiger partial charge in [0.15, 0.2) is 0 Å². The maximum atomic E-state index is 13.9. The molecule has 3 aromatic rings. The van der Waals surface area contributed by atoms with Crippen LogP contribution in [0.25, 0.3) is 0 Å². The first-order valence-corrected chi connectivity index (χ1v) is 10.7. The number of amides is 2. The zero-order valence-corrected chi connectivity index (χ0v) is 18.7. The molecule has 0 saturated carbocycles.